The van der Waals surface area contributed by atoms with E-state index < -0.39 is 5.60 Å². The van der Waals surface area contributed by atoms with Crippen molar-refractivity contribution in [3.05, 3.63) is 29.8 Å². The molecule has 18 heavy (non-hydrogen) atoms. The molecule has 0 saturated carbocycles. The Morgan fingerprint density at radius 2 is 1.72 bits per heavy atom. The van der Waals surface area contributed by atoms with Gasteiger partial charge in [0.1, 0.15) is 5.75 Å². The molecular formula is C15H25NO2. The van der Waals surface area contributed by atoms with Gasteiger partial charge in [-0.1, -0.05) is 26.0 Å². The second-order valence-corrected chi connectivity index (χ2v) is 5.08. The predicted molar refractivity (Wildman–Crippen MR) is 74.8 cm³/mol. The van der Waals surface area contributed by atoms with Crippen LogP contribution in [0.5, 0.6) is 5.75 Å². The van der Waals surface area contributed by atoms with Crippen LogP contribution in [0.1, 0.15) is 39.2 Å². The van der Waals surface area contributed by atoms with Gasteiger partial charge in [0, 0.05) is 12.6 Å². The largest absolute Gasteiger partial charge is 0.508 e. The van der Waals surface area contributed by atoms with E-state index in [1.165, 1.54) is 5.56 Å². The third-order valence-electron chi connectivity index (χ3n) is 3.57. The van der Waals surface area contributed by atoms with Crippen LogP contribution in [0.3, 0.4) is 0 Å². The smallest absolute Gasteiger partial charge is 0.115 e. The van der Waals surface area contributed by atoms with Crippen molar-refractivity contribution in [2.45, 2.75) is 51.7 Å². The van der Waals surface area contributed by atoms with Crippen molar-refractivity contribution >= 4 is 0 Å². The van der Waals surface area contributed by atoms with Crippen molar-refractivity contribution in [3.63, 3.8) is 0 Å². The maximum absolute atomic E-state index is 10.2. The van der Waals surface area contributed by atoms with Gasteiger partial charge in [0.2, 0.25) is 0 Å². The highest BCUT2D eigenvalue weighted by atomic mass is 16.3. The summed E-state index contributed by atoms with van der Waals surface area (Å²) in [5.74, 6) is 0.297. The molecule has 0 aromatic heterocycles. The van der Waals surface area contributed by atoms with Crippen LogP contribution in [-0.4, -0.2) is 28.4 Å². The molecule has 0 heterocycles. The Morgan fingerprint density at radius 3 is 2.22 bits per heavy atom. The lowest BCUT2D eigenvalue weighted by Crippen LogP contribution is -2.43. The zero-order valence-electron chi connectivity index (χ0n) is 11.6. The molecule has 0 spiro atoms. The van der Waals surface area contributed by atoms with Gasteiger partial charge in [-0.3, -0.25) is 0 Å². The summed E-state index contributed by atoms with van der Waals surface area (Å²) in [4.78, 5) is 0. The highest BCUT2D eigenvalue weighted by molar-refractivity contribution is 5.26. The van der Waals surface area contributed by atoms with Gasteiger partial charge >= 0.3 is 0 Å². The first-order valence-corrected chi connectivity index (χ1v) is 6.72. The molecule has 102 valence electrons. The van der Waals surface area contributed by atoms with Crippen molar-refractivity contribution < 1.29 is 10.2 Å². The van der Waals surface area contributed by atoms with Crippen LogP contribution in [0.4, 0.5) is 0 Å². The number of aromatic hydroxyl groups is 1. The summed E-state index contributed by atoms with van der Waals surface area (Å²) in [6.45, 7) is 6.75. The third kappa shape index (κ3) is 4.67. The lowest BCUT2D eigenvalue weighted by molar-refractivity contribution is 0.0303. The van der Waals surface area contributed by atoms with Crippen LogP contribution < -0.4 is 5.32 Å². The van der Waals surface area contributed by atoms with Crippen LogP contribution >= 0.6 is 0 Å². The second kappa shape index (κ2) is 6.76. The van der Waals surface area contributed by atoms with E-state index in [1.54, 1.807) is 12.1 Å². The fourth-order valence-corrected chi connectivity index (χ4v) is 1.92. The molecular weight excluding hydrogens is 226 g/mol. The van der Waals surface area contributed by atoms with Gasteiger partial charge in [-0.2, -0.15) is 0 Å². The summed E-state index contributed by atoms with van der Waals surface area (Å²) >= 11 is 0. The molecule has 0 aliphatic carbocycles. The average molecular weight is 251 g/mol. The molecule has 1 unspecified atom stereocenters. The molecule has 1 atom stereocenters. The lowest BCUT2D eigenvalue weighted by Gasteiger charge is -2.27. The summed E-state index contributed by atoms with van der Waals surface area (Å²) in [5, 5.41) is 22.8. The summed E-state index contributed by atoms with van der Waals surface area (Å²) in [5.41, 5.74) is 0.591. The van der Waals surface area contributed by atoms with E-state index in [4.69, 9.17) is 0 Å². The average Bonchev–Trinajstić information content (AvgIpc) is 2.39. The van der Waals surface area contributed by atoms with Gasteiger partial charge in [-0.25, -0.2) is 0 Å². The van der Waals surface area contributed by atoms with Crippen LogP contribution in [0.25, 0.3) is 0 Å². The van der Waals surface area contributed by atoms with Gasteiger partial charge in [-0.05, 0) is 43.9 Å². The molecule has 0 radical (unpaired) electrons. The predicted octanol–water partition coefficient (Wildman–Crippen LogP) is 2.46. The lowest BCUT2D eigenvalue weighted by atomic mass is 9.97. The Labute approximate surface area is 110 Å². The van der Waals surface area contributed by atoms with E-state index in [-0.39, 0.29) is 0 Å². The molecule has 3 nitrogen and oxygen atoms in total. The summed E-state index contributed by atoms with van der Waals surface area (Å²) in [7, 11) is 0. The summed E-state index contributed by atoms with van der Waals surface area (Å²) in [6, 6.07) is 7.57. The maximum atomic E-state index is 10.2. The molecule has 0 aliphatic heterocycles. The van der Waals surface area contributed by atoms with E-state index in [0.717, 1.165) is 19.3 Å². The first kappa shape index (κ1) is 15.0. The molecule has 3 heteroatoms. The first-order valence-electron chi connectivity index (χ1n) is 6.72. The molecule has 0 aliphatic rings. The SMILES string of the molecule is CCC(O)(CC)CNC(C)Cc1ccc(O)cc1. The highest BCUT2D eigenvalue weighted by Crippen LogP contribution is 2.14. The van der Waals surface area contributed by atoms with E-state index in [9.17, 15) is 10.2 Å². The van der Waals surface area contributed by atoms with Gasteiger partial charge in [0.05, 0.1) is 5.60 Å². The van der Waals surface area contributed by atoms with Crippen LogP contribution in [0.2, 0.25) is 0 Å². The number of rotatable bonds is 7. The number of hydrogen-bond donors (Lipinski definition) is 3. The fraction of sp³-hybridized carbons (Fsp3) is 0.600. The Hall–Kier alpha value is -1.06. The van der Waals surface area contributed by atoms with Gasteiger partial charge < -0.3 is 15.5 Å². The number of phenols is 1. The molecule has 1 aromatic rings. The zero-order valence-corrected chi connectivity index (χ0v) is 11.6. The van der Waals surface area contributed by atoms with E-state index >= 15 is 0 Å². The molecule has 1 aromatic carbocycles. The van der Waals surface area contributed by atoms with Crippen molar-refractivity contribution in [2.24, 2.45) is 0 Å². The van der Waals surface area contributed by atoms with E-state index in [0.29, 0.717) is 18.3 Å². The normalized spacial score (nSPS) is 13.6. The Kier molecular flexibility index (Phi) is 5.63. The quantitative estimate of drug-likeness (QED) is 0.698. The summed E-state index contributed by atoms with van der Waals surface area (Å²) in [6.07, 6.45) is 2.43. The van der Waals surface area contributed by atoms with Crippen molar-refractivity contribution in [1.29, 1.82) is 0 Å². The number of nitrogens with one attached hydrogen (secondary N) is 1. The Balaban J connectivity index is 2.42. The Morgan fingerprint density at radius 1 is 1.17 bits per heavy atom. The number of phenolic OH excluding ortho intramolecular Hbond substituents is 1. The standard InChI is InChI=1S/C15H25NO2/c1-4-15(18,5-2)11-16-12(3)10-13-6-8-14(17)9-7-13/h6-9,12,16-18H,4-5,10-11H2,1-3H3. The van der Waals surface area contributed by atoms with E-state index in [2.05, 4.69) is 12.2 Å². The minimum absolute atomic E-state index is 0.297. The molecule has 1 rings (SSSR count). The minimum atomic E-state index is -0.594. The van der Waals surface area contributed by atoms with Gasteiger partial charge in [-0.15, -0.1) is 0 Å². The van der Waals surface area contributed by atoms with Crippen LogP contribution in [-0.2, 0) is 6.42 Å². The van der Waals surface area contributed by atoms with E-state index in [1.807, 2.05) is 26.0 Å². The molecule has 3 N–H and O–H groups in total. The van der Waals surface area contributed by atoms with Crippen LogP contribution in [0, 0.1) is 0 Å². The molecule has 0 bridgehead atoms. The van der Waals surface area contributed by atoms with Crippen LogP contribution in [0.15, 0.2) is 24.3 Å². The molecule has 0 amide bonds. The number of hydrogen-bond acceptors (Lipinski definition) is 3. The third-order valence-corrected chi connectivity index (χ3v) is 3.57. The zero-order chi connectivity index (χ0) is 13.6. The fourth-order valence-electron chi connectivity index (χ4n) is 1.92. The van der Waals surface area contributed by atoms with Crippen molar-refractivity contribution in [2.75, 3.05) is 6.54 Å². The summed E-state index contributed by atoms with van der Waals surface area (Å²) < 4.78 is 0. The topological polar surface area (TPSA) is 52.5 Å². The van der Waals surface area contributed by atoms with Crippen molar-refractivity contribution in [1.82, 2.24) is 5.32 Å². The Bertz CT molecular complexity index is 344. The molecule has 0 saturated heterocycles. The maximum Gasteiger partial charge on any atom is 0.115 e. The van der Waals surface area contributed by atoms with Crippen molar-refractivity contribution in [3.8, 4) is 5.75 Å². The van der Waals surface area contributed by atoms with Gasteiger partial charge in [0.15, 0.2) is 0 Å². The number of benzene rings is 1. The molecule has 0 fully saturated rings. The highest BCUT2D eigenvalue weighted by Gasteiger charge is 2.22. The minimum Gasteiger partial charge on any atom is -0.508 e. The number of aliphatic hydroxyl groups is 1. The second-order valence-electron chi connectivity index (χ2n) is 5.08. The van der Waals surface area contributed by atoms with Gasteiger partial charge in [0.25, 0.3) is 0 Å². The first-order chi connectivity index (χ1) is 8.49. The monoisotopic (exact) mass is 251 g/mol.